The maximum atomic E-state index is 12.1. The number of rotatable bonds is 6. The Bertz CT molecular complexity index is 824. The highest BCUT2D eigenvalue weighted by Crippen LogP contribution is 2.30. The van der Waals surface area contributed by atoms with Crippen molar-refractivity contribution in [3.8, 4) is 0 Å². The van der Waals surface area contributed by atoms with E-state index in [9.17, 15) is 14.4 Å². The Morgan fingerprint density at radius 2 is 1.73 bits per heavy atom. The van der Waals surface area contributed by atoms with Crippen molar-refractivity contribution in [2.45, 2.75) is 19.4 Å². The van der Waals surface area contributed by atoms with Gasteiger partial charge in [-0.2, -0.15) is 0 Å². The van der Waals surface area contributed by atoms with Gasteiger partial charge in [-0.1, -0.05) is 12.1 Å². The fraction of sp³-hybridized carbons (Fsp3) is 0.250. The maximum absolute atomic E-state index is 12.1. The van der Waals surface area contributed by atoms with Gasteiger partial charge in [-0.05, 0) is 54.8 Å². The molecule has 0 bridgehead atoms. The van der Waals surface area contributed by atoms with Crippen LogP contribution >= 0.6 is 0 Å². The summed E-state index contributed by atoms with van der Waals surface area (Å²) < 4.78 is 9.94. The topological polar surface area (TPSA) is 81.7 Å². The molecule has 3 rings (SSSR count). The second kappa shape index (κ2) is 7.82. The predicted molar refractivity (Wildman–Crippen MR) is 94.7 cm³/mol. The van der Waals surface area contributed by atoms with Gasteiger partial charge < -0.3 is 14.8 Å². The van der Waals surface area contributed by atoms with Crippen LogP contribution in [-0.2, 0) is 20.9 Å². The molecule has 1 aliphatic rings. The van der Waals surface area contributed by atoms with Gasteiger partial charge in [0.05, 0.1) is 18.2 Å². The molecule has 6 nitrogen and oxygen atoms in total. The van der Waals surface area contributed by atoms with Crippen LogP contribution < -0.4 is 5.32 Å². The average Bonchev–Trinajstić information content (AvgIpc) is 3.51. The fourth-order valence-electron chi connectivity index (χ4n) is 2.42. The number of methoxy groups -OCH3 is 1. The van der Waals surface area contributed by atoms with Crippen LogP contribution in [0.3, 0.4) is 0 Å². The number of hydrogen-bond acceptors (Lipinski definition) is 5. The lowest BCUT2D eigenvalue weighted by Gasteiger charge is -2.08. The van der Waals surface area contributed by atoms with E-state index in [2.05, 4.69) is 10.1 Å². The Morgan fingerprint density at radius 3 is 2.38 bits per heavy atom. The van der Waals surface area contributed by atoms with Crippen molar-refractivity contribution in [2.75, 3.05) is 12.4 Å². The summed E-state index contributed by atoms with van der Waals surface area (Å²) in [5, 5.41) is 2.82. The Hall–Kier alpha value is -3.15. The van der Waals surface area contributed by atoms with Crippen molar-refractivity contribution in [3.05, 3.63) is 65.2 Å². The van der Waals surface area contributed by atoms with Crippen LogP contribution in [0.5, 0.6) is 0 Å². The van der Waals surface area contributed by atoms with E-state index in [4.69, 9.17) is 4.74 Å². The third-order valence-electron chi connectivity index (χ3n) is 4.05. The summed E-state index contributed by atoms with van der Waals surface area (Å²) in [5.41, 5.74) is 2.13. The zero-order valence-corrected chi connectivity index (χ0v) is 14.4. The second-order valence-electron chi connectivity index (χ2n) is 6.11. The third kappa shape index (κ3) is 4.47. The minimum Gasteiger partial charge on any atom is -0.465 e. The van der Waals surface area contributed by atoms with E-state index in [-0.39, 0.29) is 18.4 Å². The molecule has 0 unspecified atom stereocenters. The lowest BCUT2D eigenvalue weighted by Crippen LogP contribution is -2.13. The van der Waals surface area contributed by atoms with Crippen LogP contribution in [0.25, 0.3) is 0 Å². The van der Waals surface area contributed by atoms with Gasteiger partial charge in [-0.15, -0.1) is 0 Å². The van der Waals surface area contributed by atoms with Gasteiger partial charge in [0.2, 0.25) is 5.91 Å². The predicted octanol–water partition coefficient (Wildman–Crippen LogP) is 3.18. The molecule has 2 aromatic rings. The van der Waals surface area contributed by atoms with Crippen LogP contribution in [0.2, 0.25) is 0 Å². The second-order valence-corrected chi connectivity index (χ2v) is 6.11. The summed E-state index contributed by atoms with van der Waals surface area (Å²) in [6.45, 7) is 0.0455. The smallest absolute Gasteiger partial charge is 0.338 e. The van der Waals surface area contributed by atoms with Crippen LogP contribution in [0.15, 0.2) is 48.5 Å². The number of nitrogens with one attached hydrogen (secondary N) is 1. The van der Waals surface area contributed by atoms with Crippen LogP contribution in [0.4, 0.5) is 5.69 Å². The molecule has 1 N–H and O–H groups in total. The Labute approximate surface area is 151 Å². The minimum absolute atomic E-state index is 0.0193. The van der Waals surface area contributed by atoms with E-state index in [1.807, 2.05) is 0 Å². The van der Waals surface area contributed by atoms with Gasteiger partial charge in [0, 0.05) is 11.6 Å². The van der Waals surface area contributed by atoms with Crippen molar-refractivity contribution >= 4 is 23.5 Å². The third-order valence-corrected chi connectivity index (χ3v) is 4.05. The molecule has 1 saturated carbocycles. The molecule has 0 aliphatic heterocycles. The van der Waals surface area contributed by atoms with Crippen molar-refractivity contribution < 1.29 is 23.9 Å². The zero-order chi connectivity index (χ0) is 18.5. The van der Waals surface area contributed by atoms with Gasteiger partial charge in [-0.25, -0.2) is 9.59 Å². The molecule has 1 aliphatic carbocycles. The molecule has 0 saturated heterocycles. The van der Waals surface area contributed by atoms with Crippen molar-refractivity contribution in [3.63, 3.8) is 0 Å². The first-order valence-electron chi connectivity index (χ1n) is 8.32. The summed E-state index contributed by atoms with van der Waals surface area (Å²) in [6, 6.07) is 13.3. The number of hydrogen-bond donors (Lipinski definition) is 1. The van der Waals surface area contributed by atoms with Gasteiger partial charge in [0.25, 0.3) is 0 Å². The van der Waals surface area contributed by atoms with Crippen LogP contribution in [0, 0.1) is 5.92 Å². The number of amides is 1. The quantitative estimate of drug-likeness (QED) is 0.807. The van der Waals surface area contributed by atoms with Crippen molar-refractivity contribution in [1.82, 2.24) is 0 Å². The largest absolute Gasteiger partial charge is 0.465 e. The summed E-state index contributed by atoms with van der Waals surface area (Å²) in [4.78, 5) is 35.4. The first-order valence-corrected chi connectivity index (χ1v) is 8.32. The monoisotopic (exact) mass is 353 g/mol. The standard InChI is InChI=1S/C20H19NO5/c1-25-19(23)16-4-2-3-13(11-16)12-26-20(24)15-7-9-17(10-8-15)21-18(22)14-5-6-14/h2-4,7-11,14H,5-6,12H2,1H3,(H,21,22). The van der Waals surface area contributed by atoms with Gasteiger partial charge in [-0.3, -0.25) is 4.79 Å². The van der Waals surface area contributed by atoms with E-state index < -0.39 is 11.9 Å². The highest BCUT2D eigenvalue weighted by Gasteiger charge is 2.29. The molecule has 134 valence electrons. The molecule has 1 amide bonds. The molecule has 6 heteroatoms. The van der Waals surface area contributed by atoms with Crippen molar-refractivity contribution in [1.29, 1.82) is 0 Å². The SMILES string of the molecule is COC(=O)c1cccc(COC(=O)c2ccc(NC(=O)C3CC3)cc2)c1. The highest BCUT2D eigenvalue weighted by molar-refractivity contribution is 5.95. The summed E-state index contributed by atoms with van der Waals surface area (Å²) >= 11 is 0. The molecular weight excluding hydrogens is 334 g/mol. The first kappa shape index (κ1) is 17.7. The van der Waals surface area contributed by atoms with Crippen LogP contribution in [-0.4, -0.2) is 25.0 Å². The molecule has 2 aromatic carbocycles. The highest BCUT2D eigenvalue weighted by atomic mass is 16.5. The van der Waals surface area contributed by atoms with Crippen molar-refractivity contribution in [2.24, 2.45) is 5.92 Å². The van der Waals surface area contributed by atoms with E-state index >= 15 is 0 Å². The number of carbonyl (C=O) groups is 3. The number of benzene rings is 2. The Balaban J connectivity index is 1.56. The molecule has 0 radical (unpaired) electrons. The number of esters is 2. The number of carbonyl (C=O) groups excluding carboxylic acids is 3. The molecule has 0 heterocycles. The fourth-order valence-corrected chi connectivity index (χ4v) is 2.42. The molecule has 0 aromatic heterocycles. The minimum atomic E-state index is -0.478. The summed E-state index contributed by atoms with van der Waals surface area (Å²) in [7, 11) is 1.31. The molecular formula is C20H19NO5. The van der Waals surface area contributed by atoms with E-state index in [1.165, 1.54) is 7.11 Å². The molecule has 1 fully saturated rings. The zero-order valence-electron chi connectivity index (χ0n) is 14.4. The number of ether oxygens (including phenoxy) is 2. The molecule has 26 heavy (non-hydrogen) atoms. The average molecular weight is 353 g/mol. The Kier molecular flexibility index (Phi) is 5.31. The van der Waals surface area contributed by atoms with Crippen LogP contribution in [0.1, 0.15) is 39.1 Å². The van der Waals surface area contributed by atoms with Gasteiger partial charge in [0.1, 0.15) is 6.61 Å². The first-order chi connectivity index (χ1) is 12.6. The Morgan fingerprint density at radius 1 is 1.00 bits per heavy atom. The van der Waals surface area contributed by atoms with E-state index in [1.54, 1.807) is 48.5 Å². The lowest BCUT2D eigenvalue weighted by molar-refractivity contribution is -0.117. The van der Waals surface area contributed by atoms with E-state index in [0.717, 1.165) is 12.8 Å². The molecule has 0 spiro atoms. The molecule has 0 atom stereocenters. The number of anilines is 1. The van der Waals surface area contributed by atoms with Gasteiger partial charge in [0.15, 0.2) is 0 Å². The van der Waals surface area contributed by atoms with E-state index in [0.29, 0.717) is 22.4 Å². The summed E-state index contributed by atoms with van der Waals surface area (Å²) in [5.74, 6) is -0.776. The summed E-state index contributed by atoms with van der Waals surface area (Å²) in [6.07, 6.45) is 1.88. The normalized spacial score (nSPS) is 13.0. The van der Waals surface area contributed by atoms with Gasteiger partial charge >= 0.3 is 11.9 Å². The maximum Gasteiger partial charge on any atom is 0.338 e. The lowest BCUT2D eigenvalue weighted by atomic mass is 10.1.